The summed E-state index contributed by atoms with van der Waals surface area (Å²) >= 11 is 0. The SMILES string of the molecule is CCCCCCCCCCC(=O)N1CCCCC1[C@H](CCc1ccccc1)C(=O)NO. The molecule has 2 N–H and O–H groups in total. The second-order valence-electron chi connectivity index (χ2n) is 8.98. The molecule has 0 aromatic heterocycles. The molecule has 1 aromatic carbocycles. The molecule has 0 bridgehead atoms. The number of nitrogens with zero attached hydrogens (tertiary/aromatic N) is 1. The summed E-state index contributed by atoms with van der Waals surface area (Å²) in [5.74, 6) is -0.577. The van der Waals surface area contributed by atoms with E-state index in [1.54, 1.807) is 0 Å². The lowest BCUT2D eigenvalue weighted by atomic mass is 9.85. The maximum atomic E-state index is 13.0. The first-order valence-corrected chi connectivity index (χ1v) is 12.4. The molecule has 1 fully saturated rings. The number of rotatable bonds is 14. The highest BCUT2D eigenvalue weighted by atomic mass is 16.5. The monoisotopic (exact) mass is 430 g/mol. The van der Waals surface area contributed by atoms with E-state index in [2.05, 4.69) is 19.1 Å². The van der Waals surface area contributed by atoms with Gasteiger partial charge in [0.05, 0.1) is 5.92 Å². The number of aryl methyl sites for hydroxylation is 1. The molecule has 5 heteroatoms. The number of nitrogens with one attached hydrogen (secondary N) is 1. The Morgan fingerprint density at radius 3 is 2.39 bits per heavy atom. The molecule has 2 atom stereocenters. The van der Waals surface area contributed by atoms with Crippen molar-refractivity contribution in [1.29, 1.82) is 0 Å². The second-order valence-corrected chi connectivity index (χ2v) is 8.98. The number of amides is 2. The van der Waals surface area contributed by atoms with Gasteiger partial charge in [-0.15, -0.1) is 0 Å². The van der Waals surface area contributed by atoms with Gasteiger partial charge < -0.3 is 4.90 Å². The van der Waals surface area contributed by atoms with Crippen LogP contribution in [0.25, 0.3) is 0 Å². The molecule has 0 saturated carbocycles. The van der Waals surface area contributed by atoms with Crippen LogP contribution < -0.4 is 5.48 Å². The Hall–Kier alpha value is -1.88. The van der Waals surface area contributed by atoms with Gasteiger partial charge in [-0.05, 0) is 44.1 Å². The number of piperidine rings is 1. The van der Waals surface area contributed by atoms with Gasteiger partial charge in [-0.1, -0.05) is 82.2 Å². The first-order chi connectivity index (χ1) is 15.2. The highest BCUT2D eigenvalue weighted by Gasteiger charge is 2.36. The number of carbonyl (C=O) groups excluding carboxylic acids is 2. The van der Waals surface area contributed by atoms with Crippen LogP contribution in [0, 0.1) is 5.92 Å². The summed E-state index contributed by atoms with van der Waals surface area (Å²) in [6.07, 6.45) is 14.5. The van der Waals surface area contributed by atoms with Crippen LogP contribution in [0.1, 0.15) is 96.0 Å². The summed E-state index contributed by atoms with van der Waals surface area (Å²) in [5, 5.41) is 9.33. The lowest BCUT2D eigenvalue weighted by Crippen LogP contribution is -2.51. The van der Waals surface area contributed by atoms with Crippen molar-refractivity contribution in [3.8, 4) is 0 Å². The van der Waals surface area contributed by atoms with Crippen molar-refractivity contribution in [2.24, 2.45) is 5.92 Å². The maximum absolute atomic E-state index is 13.0. The molecule has 1 heterocycles. The zero-order valence-corrected chi connectivity index (χ0v) is 19.4. The predicted molar refractivity (Wildman–Crippen MR) is 125 cm³/mol. The van der Waals surface area contributed by atoms with Crippen LogP contribution in [-0.4, -0.2) is 34.5 Å². The van der Waals surface area contributed by atoms with Crippen molar-refractivity contribution in [2.75, 3.05) is 6.54 Å². The number of benzene rings is 1. The Labute approximate surface area is 188 Å². The van der Waals surface area contributed by atoms with E-state index >= 15 is 0 Å². The zero-order chi connectivity index (χ0) is 22.3. The summed E-state index contributed by atoms with van der Waals surface area (Å²) in [6, 6.07) is 9.97. The van der Waals surface area contributed by atoms with Crippen LogP contribution in [0.15, 0.2) is 30.3 Å². The number of hydrogen-bond acceptors (Lipinski definition) is 3. The van der Waals surface area contributed by atoms with Gasteiger partial charge in [0, 0.05) is 19.0 Å². The highest BCUT2D eigenvalue weighted by Crippen LogP contribution is 2.28. The van der Waals surface area contributed by atoms with E-state index in [4.69, 9.17) is 0 Å². The number of unbranched alkanes of at least 4 members (excludes halogenated alkanes) is 7. The Kier molecular flexibility index (Phi) is 12.3. The molecule has 0 aliphatic carbocycles. The van der Waals surface area contributed by atoms with E-state index in [0.29, 0.717) is 12.8 Å². The lowest BCUT2D eigenvalue weighted by Gasteiger charge is -2.40. The molecule has 2 rings (SSSR count). The number of hydrogen-bond donors (Lipinski definition) is 2. The van der Waals surface area contributed by atoms with E-state index in [0.717, 1.165) is 45.1 Å². The Morgan fingerprint density at radius 1 is 1.03 bits per heavy atom. The summed E-state index contributed by atoms with van der Waals surface area (Å²) in [5.41, 5.74) is 3.03. The highest BCUT2D eigenvalue weighted by molar-refractivity contribution is 5.81. The average molecular weight is 431 g/mol. The topological polar surface area (TPSA) is 69.6 Å². The van der Waals surface area contributed by atoms with Gasteiger partial charge in [-0.2, -0.15) is 0 Å². The van der Waals surface area contributed by atoms with Crippen molar-refractivity contribution < 1.29 is 14.8 Å². The summed E-state index contributed by atoms with van der Waals surface area (Å²) in [4.78, 5) is 27.5. The lowest BCUT2D eigenvalue weighted by molar-refractivity contribution is -0.143. The molecular formula is C26H42N2O3. The summed E-state index contributed by atoms with van der Waals surface area (Å²) in [7, 11) is 0. The first kappa shape index (κ1) is 25.4. The van der Waals surface area contributed by atoms with Gasteiger partial charge in [0.2, 0.25) is 11.8 Å². The molecule has 2 amide bonds. The van der Waals surface area contributed by atoms with Crippen LogP contribution in [-0.2, 0) is 16.0 Å². The number of hydroxylamine groups is 1. The average Bonchev–Trinajstić information content (AvgIpc) is 2.81. The minimum atomic E-state index is -0.381. The molecule has 174 valence electrons. The van der Waals surface area contributed by atoms with Gasteiger partial charge in [0.1, 0.15) is 0 Å². The minimum absolute atomic E-state index is 0.119. The number of likely N-dealkylation sites (tertiary alicyclic amines) is 1. The molecule has 1 saturated heterocycles. The molecule has 1 aliphatic heterocycles. The first-order valence-electron chi connectivity index (χ1n) is 12.4. The van der Waals surface area contributed by atoms with Crippen LogP contribution in [0.5, 0.6) is 0 Å². The van der Waals surface area contributed by atoms with Crippen molar-refractivity contribution in [3.05, 3.63) is 35.9 Å². The Balaban J connectivity index is 1.86. The fourth-order valence-corrected chi connectivity index (χ4v) is 4.79. The summed E-state index contributed by atoms with van der Waals surface area (Å²) in [6.45, 7) is 2.96. The molecule has 1 aromatic rings. The third kappa shape index (κ3) is 9.02. The van der Waals surface area contributed by atoms with Gasteiger partial charge in [-0.3, -0.25) is 14.8 Å². The molecule has 1 aliphatic rings. The van der Waals surface area contributed by atoms with Crippen LogP contribution in [0.3, 0.4) is 0 Å². The smallest absolute Gasteiger partial charge is 0.248 e. The van der Waals surface area contributed by atoms with E-state index < -0.39 is 0 Å². The van der Waals surface area contributed by atoms with Crippen LogP contribution in [0.4, 0.5) is 0 Å². The molecule has 1 unspecified atom stereocenters. The normalized spacial score (nSPS) is 17.4. The Morgan fingerprint density at radius 2 is 1.71 bits per heavy atom. The zero-order valence-electron chi connectivity index (χ0n) is 19.4. The van der Waals surface area contributed by atoms with Crippen LogP contribution >= 0.6 is 0 Å². The molecular weight excluding hydrogens is 388 g/mol. The molecule has 5 nitrogen and oxygen atoms in total. The van der Waals surface area contributed by atoms with E-state index in [9.17, 15) is 14.8 Å². The third-order valence-corrected chi connectivity index (χ3v) is 6.61. The van der Waals surface area contributed by atoms with Gasteiger partial charge in [0.25, 0.3) is 0 Å². The van der Waals surface area contributed by atoms with Crippen molar-refractivity contribution in [3.63, 3.8) is 0 Å². The van der Waals surface area contributed by atoms with Crippen molar-refractivity contribution in [2.45, 2.75) is 103 Å². The fraction of sp³-hybridized carbons (Fsp3) is 0.692. The van der Waals surface area contributed by atoms with Gasteiger partial charge in [-0.25, -0.2) is 5.48 Å². The minimum Gasteiger partial charge on any atom is -0.339 e. The maximum Gasteiger partial charge on any atom is 0.248 e. The Bertz CT molecular complexity index is 635. The molecule has 0 spiro atoms. The quantitative estimate of drug-likeness (QED) is 0.227. The molecule has 31 heavy (non-hydrogen) atoms. The second kappa shape index (κ2) is 15.0. The number of carbonyl (C=O) groups is 2. The predicted octanol–water partition coefficient (Wildman–Crippen LogP) is 5.65. The van der Waals surface area contributed by atoms with Gasteiger partial charge in [0.15, 0.2) is 0 Å². The van der Waals surface area contributed by atoms with E-state index in [1.165, 1.54) is 44.1 Å². The van der Waals surface area contributed by atoms with Crippen molar-refractivity contribution >= 4 is 11.8 Å². The largest absolute Gasteiger partial charge is 0.339 e. The third-order valence-electron chi connectivity index (χ3n) is 6.61. The molecule has 0 radical (unpaired) electrons. The van der Waals surface area contributed by atoms with E-state index in [1.807, 2.05) is 28.6 Å². The standard InChI is InChI=1S/C26H42N2O3/c1-2-3-4-5-6-7-8-12-18-25(29)28-21-14-13-17-24(28)23(26(30)27-31)20-19-22-15-10-9-11-16-22/h9-11,15-16,23-24,31H,2-8,12-14,17-21H2,1H3,(H,27,30)/t23-,24?/m0/s1. The summed E-state index contributed by atoms with van der Waals surface area (Å²) < 4.78 is 0. The van der Waals surface area contributed by atoms with Crippen molar-refractivity contribution in [1.82, 2.24) is 10.4 Å². The van der Waals surface area contributed by atoms with Crippen LogP contribution in [0.2, 0.25) is 0 Å². The van der Waals surface area contributed by atoms with Gasteiger partial charge >= 0.3 is 0 Å². The fourth-order valence-electron chi connectivity index (χ4n) is 4.79. The van der Waals surface area contributed by atoms with E-state index in [-0.39, 0.29) is 23.8 Å².